The second-order valence-electron chi connectivity index (χ2n) is 7.30. The van der Waals surface area contributed by atoms with E-state index in [4.69, 9.17) is 0 Å². The lowest BCUT2D eigenvalue weighted by Crippen LogP contribution is -2.47. The van der Waals surface area contributed by atoms with Crippen molar-refractivity contribution in [1.29, 1.82) is 0 Å². The van der Waals surface area contributed by atoms with Crippen LogP contribution in [0.25, 0.3) is 0 Å². The number of hydrogen-bond acceptors (Lipinski definition) is 4. The van der Waals surface area contributed by atoms with Crippen molar-refractivity contribution in [1.82, 2.24) is 15.1 Å². The third-order valence-corrected chi connectivity index (χ3v) is 5.54. The topological polar surface area (TPSA) is 52.7 Å². The van der Waals surface area contributed by atoms with Gasteiger partial charge in [0, 0.05) is 38.3 Å². The molecule has 1 aliphatic rings. The maximum Gasteiger partial charge on any atom is 0.253 e. The highest BCUT2D eigenvalue weighted by Crippen LogP contribution is 2.11. The minimum Gasteiger partial charge on any atom is -0.351 e. The number of carbonyl (C=O) groups is 2. The van der Waals surface area contributed by atoms with E-state index in [-0.39, 0.29) is 11.8 Å². The molecule has 1 aromatic carbocycles. The summed E-state index contributed by atoms with van der Waals surface area (Å²) in [5.41, 5.74) is 1.73. The van der Waals surface area contributed by atoms with Crippen LogP contribution in [-0.4, -0.2) is 66.3 Å². The summed E-state index contributed by atoms with van der Waals surface area (Å²) in [6.07, 6.45) is 1.14. The number of thioether (sulfide) groups is 1. The fourth-order valence-corrected chi connectivity index (χ4v) is 3.76. The van der Waals surface area contributed by atoms with Crippen molar-refractivity contribution in [3.05, 3.63) is 35.4 Å². The van der Waals surface area contributed by atoms with Crippen molar-refractivity contribution >= 4 is 23.6 Å². The van der Waals surface area contributed by atoms with Crippen molar-refractivity contribution in [2.45, 2.75) is 26.8 Å². The maximum atomic E-state index is 12.5. The van der Waals surface area contributed by atoms with Crippen LogP contribution >= 0.6 is 11.8 Å². The van der Waals surface area contributed by atoms with Crippen LogP contribution in [0.5, 0.6) is 0 Å². The van der Waals surface area contributed by atoms with Gasteiger partial charge >= 0.3 is 0 Å². The van der Waals surface area contributed by atoms with E-state index >= 15 is 0 Å². The van der Waals surface area contributed by atoms with Crippen LogP contribution in [0.1, 0.15) is 36.2 Å². The minimum atomic E-state index is 0.0661. The van der Waals surface area contributed by atoms with Crippen LogP contribution in [0.4, 0.5) is 0 Å². The SMILES string of the molecule is CC(C)CCSCC(=O)NCc1ccc(C(=O)N2CCN(C)CC2)cc1. The summed E-state index contributed by atoms with van der Waals surface area (Å²) in [6, 6.07) is 7.57. The minimum absolute atomic E-state index is 0.0661. The van der Waals surface area contributed by atoms with Crippen LogP contribution in [-0.2, 0) is 11.3 Å². The molecule has 26 heavy (non-hydrogen) atoms. The highest BCUT2D eigenvalue weighted by atomic mass is 32.2. The molecule has 144 valence electrons. The van der Waals surface area contributed by atoms with Crippen molar-refractivity contribution in [3.8, 4) is 0 Å². The lowest BCUT2D eigenvalue weighted by atomic mass is 10.1. The molecule has 2 amide bonds. The fourth-order valence-electron chi connectivity index (χ4n) is 2.69. The summed E-state index contributed by atoms with van der Waals surface area (Å²) < 4.78 is 0. The first-order chi connectivity index (χ1) is 12.5. The zero-order valence-electron chi connectivity index (χ0n) is 16.2. The zero-order valence-corrected chi connectivity index (χ0v) is 17.0. The Morgan fingerprint density at radius 3 is 2.38 bits per heavy atom. The summed E-state index contributed by atoms with van der Waals surface area (Å²) in [5, 5.41) is 2.94. The van der Waals surface area contributed by atoms with Gasteiger partial charge in [-0.15, -0.1) is 0 Å². The maximum absolute atomic E-state index is 12.5. The van der Waals surface area contributed by atoms with Gasteiger partial charge in [0.05, 0.1) is 5.75 Å². The normalized spacial score (nSPS) is 15.3. The molecule has 1 aromatic rings. The van der Waals surface area contributed by atoms with E-state index in [9.17, 15) is 9.59 Å². The average molecular weight is 378 g/mol. The lowest BCUT2D eigenvalue weighted by molar-refractivity contribution is -0.118. The number of likely N-dealkylation sites (N-methyl/N-ethyl adjacent to an activating group) is 1. The Hall–Kier alpha value is -1.53. The molecule has 0 bridgehead atoms. The first-order valence-electron chi connectivity index (χ1n) is 9.37. The summed E-state index contributed by atoms with van der Waals surface area (Å²) >= 11 is 1.68. The predicted molar refractivity (Wildman–Crippen MR) is 108 cm³/mol. The van der Waals surface area contributed by atoms with Crippen molar-refractivity contribution in [2.24, 2.45) is 5.92 Å². The van der Waals surface area contributed by atoms with Gasteiger partial charge in [-0.05, 0) is 42.8 Å². The highest BCUT2D eigenvalue weighted by Gasteiger charge is 2.20. The van der Waals surface area contributed by atoms with E-state index in [2.05, 4.69) is 31.1 Å². The van der Waals surface area contributed by atoms with Crippen molar-refractivity contribution in [3.63, 3.8) is 0 Å². The van der Waals surface area contributed by atoms with Crippen molar-refractivity contribution < 1.29 is 9.59 Å². The molecule has 0 saturated carbocycles. The smallest absolute Gasteiger partial charge is 0.253 e. The summed E-state index contributed by atoms with van der Waals surface area (Å²) in [4.78, 5) is 28.5. The molecule has 2 rings (SSSR count). The molecule has 0 aromatic heterocycles. The predicted octanol–water partition coefficient (Wildman–Crippen LogP) is 2.47. The highest BCUT2D eigenvalue weighted by molar-refractivity contribution is 7.99. The lowest BCUT2D eigenvalue weighted by Gasteiger charge is -2.32. The van der Waals surface area contributed by atoms with Gasteiger partial charge in [-0.1, -0.05) is 26.0 Å². The average Bonchev–Trinajstić information content (AvgIpc) is 2.64. The van der Waals surface area contributed by atoms with E-state index in [1.807, 2.05) is 29.2 Å². The largest absolute Gasteiger partial charge is 0.351 e. The first-order valence-corrected chi connectivity index (χ1v) is 10.5. The molecule has 0 spiro atoms. The fraction of sp³-hybridized carbons (Fsp3) is 0.600. The molecule has 1 heterocycles. The Kier molecular flexibility index (Phi) is 8.45. The van der Waals surface area contributed by atoms with Gasteiger partial charge in [-0.2, -0.15) is 11.8 Å². The Labute approximate surface area is 161 Å². The number of benzene rings is 1. The van der Waals surface area contributed by atoms with Gasteiger partial charge in [0.1, 0.15) is 0 Å². The van der Waals surface area contributed by atoms with Crippen LogP contribution < -0.4 is 5.32 Å². The van der Waals surface area contributed by atoms with E-state index < -0.39 is 0 Å². The number of hydrogen-bond donors (Lipinski definition) is 1. The van der Waals surface area contributed by atoms with Crippen LogP contribution in [0.2, 0.25) is 0 Å². The number of amides is 2. The van der Waals surface area contributed by atoms with E-state index in [1.54, 1.807) is 11.8 Å². The summed E-state index contributed by atoms with van der Waals surface area (Å²) in [6.45, 7) is 8.30. The molecule has 0 radical (unpaired) electrons. The monoisotopic (exact) mass is 377 g/mol. The molecule has 1 N–H and O–H groups in total. The first kappa shape index (κ1) is 20.8. The van der Waals surface area contributed by atoms with Gasteiger partial charge in [-0.3, -0.25) is 9.59 Å². The Morgan fingerprint density at radius 1 is 1.12 bits per heavy atom. The molecule has 0 aliphatic carbocycles. The number of nitrogens with zero attached hydrogens (tertiary/aromatic N) is 2. The summed E-state index contributed by atoms with van der Waals surface area (Å²) in [5.74, 6) is 2.37. The third-order valence-electron chi connectivity index (χ3n) is 4.55. The number of rotatable bonds is 8. The van der Waals surface area contributed by atoms with Crippen LogP contribution in [0, 0.1) is 5.92 Å². The zero-order chi connectivity index (χ0) is 18.9. The Morgan fingerprint density at radius 2 is 1.77 bits per heavy atom. The van der Waals surface area contributed by atoms with Crippen LogP contribution in [0.15, 0.2) is 24.3 Å². The molecular formula is C20H31N3O2S. The number of piperazine rings is 1. The van der Waals surface area contributed by atoms with Gasteiger partial charge in [0.15, 0.2) is 0 Å². The molecule has 0 atom stereocenters. The molecule has 1 aliphatic heterocycles. The second kappa shape index (κ2) is 10.6. The molecule has 0 unspecified atom stereocenters. The quantitative estimate of drug-likeness (QED) is 0.707. The number of nitrogens with one attached hydrogen (secondary N) is 1. The van der Waals surface area contributed by atoms with Gasteiger partial charge in [0.25, 0.3) is 5.91 Å². The second-order valence-corrected chi connectivity index (χ2v) is 8.41. The van der Waals surface area contributed by atoms with Gasteiger partial charge < -0.3 is 15.1 Å². The van der Waals surface area contributed by atoms with Crippen molar-refractivity contribution in [2.75, 3.05) is 44.7 Å². The molecule has 1 saturated heterocycles. The molecule has 1 fully saturated rings. The van der Waals surface area contributed by atoms with Gasteiger partial charge in [-0.25, -0.2) is 0 Å². The molecule has 5 nitrogen and oxygen atoms in total. The number of carbonyl (C=O) groups excluding carboxylic acids is 2. The van der Waals surface area contributed by atoms with E-state index in [0.717, 1.165) is 43.9 Å². The van der Waals surface area contributed by atoms with Crippen LogP contribution in [0.3, 0.4) is 0 Å². The molecule has 6 heteroatoms. The molecular weight excluding hydrogens is 346 g/mol. The third kappa shape index (κ3) is 7.00. The van der Waals surface area contributed by atoms with E-state index in [1.165, 1.54) is 0 Å². The van der Waals surface area contributed by atoms with E-state index in [0.29, 0.717) is 23.8 Å². The Balaban J connectivity index is 1.73. The summed E-state index contributed by atoms with van der Waals surface area (Å²) in [7, 11) is 2.08. The van der Waals surface area contributed by atoms with Gasteiger partial charge in [0.2, 0.25) is 5.91 Å². The Bertz CT molecular complexity index is 581. The standard InChI is InChI=1S/C20H31N3O2S/c1-16(2)8-13-26-15-19(24)21-14-17-4-6-18(7-5-17)20(25)23-11-9-22(3)10-12-23/h4-7,16H,8-15H2,1-3H3,(H,21,24).